The summed E-state index contributed by atoms with van der Waals surface area (Å²) in [6, 6.07) is 5.31. The van der Waals surface area contributed by atoms with E-state index in [4.69, 9.17) is 4.74 Å². The van der Waals surface area contributed by atoms with E-state index in [1.807, 2.05) is 19.2 Å². The molecule has 2 N–H and O–H groups in total. The number of carbonyl (C=O) groups excluding carboxylic acids is 1. The van der Waals surface area contributed by atoms with Crippen LogP contribution in [0.1, 0.15) is 46.2 Å². The van der Waals surface area contributed by atoms with Crippen molar-refractivity contribution in [1.82, 2.24) is 25.1 Å². The Kier molecular flexibility index (Phi) is 4.66. The Balaban J connectivity index is 1.35. The number of nitrogens with zero attached hydrogens (tertiary/aromatic N) is 4. The number of hydrogen-bond acceptors (Lipinski definition) is 7. The zero-order chi connectivity index (χ0) is 18.8. The molecule has 27 heavy (non-hydrogen) atoms. The summed E-state index contributed by atoms with van der Waals surface area (Å²) in [7, 11) is 0. The van der Waals surface area contributed by atoms with Crippen molar-refractivity contribution in [3.63, 3.8) is 0 Å². The zero-order valence-electron chi connectivity index (χ0n) is 14.7. The molecule has 3 aromatic rings. The van der Waals surface area contributed by atoms with Crippen LogP contribution in [0.4, 0.5) is 0 Å². The van der Waals surface area contributed by atoms with Crippen LogP contribution in [0, 0.1) is 0 Å². The molecule has 0 saturated heterocycles. The monoisotopic (exact) mass is 365 g/mol. The summed E-state index contributed by atoms with van der Waals surface area (Å²) < 4.78 is 6.84. The highest BCUT2D eigenvalue weighted by molar-refractivity contribution is 5.94. The van der Waals surface area contributed by atoms with E-state index in [0.29, 0.717) is 24.5 Å². The average Bonchev–Trinajstić information content (AvgIpc) is 3.27. The van der Waals surface area contributed by atoms with E-state index >= 15 is 0 Å². The summed E-state index contributed by atoms with van der Waals surface area (Å²) in [6.07, 6.45) is 7.50. The molecule has 1 aliphatic rings. The van der Waals surface area contributed by atoms with E-state index in [0.717, 1.165) is 16.7 Å². The molecule has 4 rings (SSSR count). The number of aliphatic hydroxyl groups is 1. The lowest BCUT2D eigenvalue weighted by molar-refractivity contribution is 0.0421. The van der Waals surface area contributed by atoms with Crippen molar-refractivity contribution in [1.29, 1.82) is 0 Å². The molecular formula is C19H19N5O3. The maximum Gasteiger partial charge on any atom is 0.339 e. The van der Waals surface area contributed by atoms with E-state index in [1.54, 1.807) is 41.6 Å². The van der Waals surface area contributed by atoms with Crippen molar-refractivity contribution in [2.75, 3.05) is 6.54 Å². The van der Waals surface area contributed by atoms with Gasteiger partial charge in [-0.1, -0.05) is 6.07 Å². The van der Waals surface area contributed by atoms with Gasteiger partial charge in [0.1, 0.15) is 6.10 Å². The number of benzene rings is 1. The number of nitrogens with one attached hydrogen (secondary N) is 1. The fourth-order valence-electron chi connectivity index (χ4n) is 3.06. The Morgan fingerprint density at radius 2 is 2.22 bits per heavy atom. The van der Waals surface area contributed by atoms with Crippen LogP contribution in [-0.2, 0) is 11.3 Å². The minimum atomic E-state index is -0.687. The molecule has 0 spiro atoms. The third kappa shape index (κ3) is 3.57. The lowest BCUT2D eigenvalue weighted by atomic mass is 9.99. The number of ether oxygens (including phenoxy) is 1. The Morgan fingerprint density at radius 1 is 1.33 bits per heavy atom. The minimum absolute atomic E-state index is 0.278. The first-order valence-corrected chi connectivity index (χ1v) is 8.65. The van der Waals surface area contributed by atoms with Crippen molar-refractivity contribution >= 4 is 5.97 Å². The number of fused-ring (bicyclic) bond motifs is 1. The average molecular weight is 365 g/mol. The van der Waals surface area contributed by atoms with Crippen LogP contribution in [0.2, 0.25) is 0 Å². The predicted octanol–water partition coefficient (Wildman–Crippen LogP) is 1.72. The van der Waals surface area contributed by atoms with Crippen LogP contribution in [-0.4, -0.2) is 37.4 Å². The molecule has 2 atom stereocenters. The highest BCUT2D eigenvalue weighted by Gasteiger charge is 2.28. The smallest absolute Gasteiger partial charge is 0.339 e. The standard InChI is InChI=1S/C19H19N5O3/c1-12-16-6-14(2-3-15(16)19(26)27-12)17(25)9-21-7-13-8-23-24(11-13)18-10-20-4-5-22-18/h2-6,8,10-12,17,21,25H,7,9H2,1H3/t12-,17?/m1/s1. The molecule has 1 aliphatic heterocycles. The van der Waals surface area contributed by atoms with Crippen molar-refractivity contribution in [3.8, 4) is 5.82 Å². The molecule has 0 bridgehead atoms. The highest BCUT2D eigenvalue weighted by atomic mass is 16.5. The van der Waals surface area contributed by atoms with Gasteiger partial charge in [-0.15, -0.1) is 0 Å². The lowest BCUT2D eigenvalue weighted by Gasteiger charge is -2.13. The van der Waals surface area contributed by atoms with Crippen LogP contribution >= 0.6 is 0 Å². The van der Waals surface area contributed by atoms with Gasteiger partial charge in [-0.25, -0.2) is 14.5 Å². The molecule has 8 heteroatoms. The van der Waals surface area contributed by atoms with Crippen LogP contribution < -0.4 is 5.32 Å². The van der Waals surface area contributed by atoms with Gasteiger partial charge in [0, 0.05) is 42.8 Å². The predicted molar refractivity (Wildman–Crippen MR) is 96.1 cm³/mol. The molecule has 1 aromatic carbocycles. The molecule has 8 nitrogen and oxygen atoms in total. The molecule has 2 aromatic heterocycles. The topological polar surface area (TPSA) is 102 Å². The quantitative estimate of drug-likeness (QED) is 0.641. The van der Waals surface area contributed by atoms with E-state index in [2.05, 4.69) is 20.4 Å². The molecule has 0 amide bonds. The summed E-state index contributed by atoms with van der Waals surface area (Å²) in [5, 5.41) is 17.9. The first-order chi connectivity index (χ1) is 13.1. The zero-order valence-corrected chi connectivity index (χ0v) is 14.7. The number of hydrogen-bond donors (Lipinski definition) is 2. The normalized spacial score (nSPS) is 16.8. The SMILES string of the molecule is C[C@H]1OC(=O)c2ccc(C(O)CNCc3cnn(-c4cnccn4)c3)cc21. The third-order valence-electron chi connectivity index (χ3n) is 4.49. The van der Waals surface area contributed by atoms with E-state index in [9.17, 15) is 9.90 Å². The maximum absolute atomic E-state index is 11.7. The van der Waals surface area contributed by atoms with Crippen molar-refractivity contribution in [2.45, 2.75) is 25.7 Å². The number of carbonyl (C=O) groups is 1. The summed E-state index contributed by atoms with van der Waals surface area (Å²) in [4.78, 5) is 19.9. The van der Waals surface area contributed by atoms with E-state index in [-0.39, 0.29) is 12.1 Å². The van der Waals surface area contributed by atoms with Gasteiger partial charge in [-0.3, -0.25) is 4.98 Å². The highest BCUT2D eigenvalue weighted by Crippen LogP contribution is 2.32. The summed E-state index contributed by atoms with van der Waals surface area (Å²) in [5.74, 6) is 0.338. The minimum Gasteiger partial charge on any atom is -0.454 e. The Morgan fingerprint density at radius 3 is 3.04 bits per heavy atom. The van der Waals surface area contributed by atoms with Crippen molar-refractivity contribution in [2.24, 2.45) is 0 Å². The van der Waals surface area contributed by atoms with Gasteiger partial charge in [0.15, 0.2) is 5.82 Å². The Bertz CT molecular complexity index is 957. The second kappa shape index (κ2) is 7.26. The second-order valence-corrected chi connectivity index (χ2v) is 6.40. The third-order valence-corrected chi connectivity index (χ3v) is 4.49. The molecule has 0 saturated carbocycles. The maximum atomic E-state index is 11.7. The Labute approximate surface area is 155 Å². The number of esters is 1. The summed E-state index contributed by atoms with van der Waals surface area (Å²) in [6.45, 7) is 2.76. The van der Waals surface area contributed by atoms with Crippen LogP contribution in [0.5, 0.6) is 0 Å². The van der Waals surface area contributed by atoms with Crippen LogP contribution in [0.3, 0.4) is 0 Å². The van der Waals surface area contributed by atoms with Gasteiger partial charge in [0.2, 0.25) is 0 Å². The molecular weight excluding hydrogens is 346 g/mol. The van der Waals surface area contributed by atoms with Gasteiger partial charge in [-0.05, 0) is 24.6 Å². The molecule has 0 aliphatic carbocycles. The number of aliphatic hydroxyl groups excluding tert-OH is 1. The van der Waals surface area contributed by atoms with Crippen molar-refractivity contribution in [3.05, 3.63) is 71.4 Å². The Hall–Kier alpha value is -3.10. The number of aromatic nitrogens is 4. The lowest BCUT2D eigenvalue weighted by Crippen LogP contribution is -2.21. The molecule has 138 valence electrons. The second-order valence-electron chi connectivity index (χ2n) is 6.40. The van der Waals surface area contributed by atoms with Gasteiger partial charge >= 0.3 is 5.97 Å². The number of rotatable bonds is 6. The van der Waals surface area contributed by atoms with E-state index < -0.39 is 6.10 Å². The number of cyclic esters (lactones) is 1. The summed E-state index contributed by atoms with van der Waals surface area (Å²) >= 11 is 0. The van der Waals surface area contributed by atoms with Crippen LogP contribution in [0.15, 0.2) is 49.2 Å². The molecule has 0 radical (unpaired) electrons. The van der Waals surface area contributed by atoms with Gasteiger partial charge < -0.3 is 15.2 Å². The van der Waals surface area contributed by atoms with Crippen LogP contribution in [0.25, 0.3) is 5.82 Å². The van der Waals surface area contributed by atoms with Gasteiger partial charge in [0.05, 0.1) is 24.1 Å². The molecule has 1 unspecified atom stereocenters. The molecule has 3 heterocycles. The van der Waals surface area contributed by atoms with Gasteiger partial charge in [-0.2, -0.15) is 5.10 Å². The fourth-order valence-corrected chi connectivity index (χ4v) is 3.06. The van der Waals surface area contributed by atoms with E-state index in [1.165, 1.54) is 0 Å². The first-order valence-electron chi connectivity index (χ1n) is 8.65. The first kappa shape index (κ1) is 17.3. The van der Waals surface area contributed by atoms with Gasteiger partial charge in [0.25, 0.3) is 0 Å². The summed E-state index contributed by atoms with van der Waals surface area (Å²) in [5.41, 5.74) is 3.11. The molecule has 0 fully saturated rings. The largest absolute Gasteiger partial charge is 0.454 e. The fraction of sp³-hybridized carbons (Fsp3) is 0.263. The van der Waals surface area contributed by atoms with Crippen molar-refractivity contribution < 1.29 is 14.6 Å².